The maximum Gasteiger partial charge on any atom is 0.280 e. The highest BCUT2D eigenvalue weighted by atomic mass is 79.9. The number of nitrogens with zero attached hydrogens (tertiary/aromatic N) is 2. The van der Waals surface area contributed by atoms with Crippen LogP contribution < -0.4 is 9.75 Å². The summed E-state index contributed by atoms with van der Waals surface area (Å²) in [4.78, 5) is 12.7. The minimum Gasteiger partial charge on any atom is -0.489 e. The number of halogens is 6. The van der Waals surface area contributed by atoms with Gasteiger partial charge in [0.25, 0.3) is 5.91 Å². The standard InChI is InChI=1S/C20H12BrF5N2O2/c1-3-6-30-13-5-4-11(21)7-10(13)8-12-9(2)27-28(20(12)29)19-17(25)15(23)14(22)16(24)18(19)26/h3-5,7-8H,1,6H2,2H3. The fourth-order valence-corrected chi connectivity index (χ4v) is 3.06. The SMILES string of the molecule is C=CCOc1ccc(Br)cc1C=C1C(=O)N(c2c(F)c(F)c(F)c(F)c2F)N=C1C. The smallest absolute Gasteiger partial charge is 0.280 e. The zero-order chi connectivity index (χ0) is 22.2. The van der Waals surface area contributed by atoms with Crippen LogP contribution in [0.5, 0.6) is 5.75 Å². The van der Waals surface area contributed by atoms with E-state index in [1.807, 2.05) is 0 Å². The molecule has 0 spiro atoms. The number of hydrogen-bond acceptors (Lipinski definition) is 3. The Hall–Kier alpha value is -3.01. The van der Waals surface area contributed by atoms with Crippen LogP contribution in [0.2, 0.25) is 0 Å². The van der Waals surface area contributed by atoms with Crippen molar-refractivity contribution < 1.29 is 31.5 Å². The van der Waals surface area contributed by atoms with E-state index in [1.165, 1.54) is 19.1 Å². The Kier molecular flexibility index (Phi) is 6.06. The fourth-order valence-electron chi connectivity index (χ4n) is 2.68. The Labute approximate surface area is 176 Å². The van der Waals surface area contributed by atoms with E-state index in [0.29, 0.717) is 15.8 Å². The van der Waals surface area contributed by atoms with Crippen LogP contribution in [-0.2, 0) is 4.79 Å². The molecule has 1 heterocycles. The summed E-state index contributed by atoms with van der Waals surface area (Å²) in [6.45, 7) is 5.08. The van der Waals surface area contributed by atoms with Crippen LogP contribution in [-0.4, -0.2) is 18.2 Å². The molecule has 0 aliphatic carbocycles. The molecule has 0 saturated carbocycles. The number of rotatable bonds is 5. The van der Waals surface area contributed by atoms with Crippen molar-refractivity contribution in [2.45, 2.75) is 6.92 Å². The van der Waals surface area contributed by atoms with Crippen LogP contribution in [0, 0.1) is 29.1 Å². The van der Waals surface area contributed by atoms with Gasteiger partial charge in [0.05, 0.1) is 11.3 Å². The van der Waals surface area contributed by atoms with Gasteiger partial charge < -0.3 is 4.74 Å². The van der Waals surface area contributed by atoms with Gasteiger partial charge in [0.2, 0.25) is 5.82 Å². The summed E-state index contributed by atoms with van der Waals surface area (Å²) >= 11 is 3.29. The normalized spacial score (nSPS) is 15.0. The number of amides is 1. The third-order valence-corrected chi connectivity index (χ3v) is 4.58. The fraction of sp³-hybridized carbons (Fsp3) is 0.100. The topological polar surface area (TPSA) is 41.9 Å². The van der Waals surface area contributed by atoms with Crippen LogP contribution in [0.15, 0.2) is 46.0 Å². The molecule has 0 unspecified atom stereocenters. The molecular weight excluding hydrogens is 475 g/mol. The molecule has 156 valence electrons. The predicted octanol–water partition coefficient (Wildman–Crippen LogP) is 5.52. The monoisotopic (exact) mass is 486 g/mol. The summed E-state index contributed by atoms with van der Waals surface area (Å²) in [5, 5.41) is 3.85. The molecule has 0 bridgehead atoms. The zero-order valence-electron chi connectivity index (χ0n) is 15.3. The summed E-state index contributed by atoms with van der Waals surface area (Å²) < 4.78 is 74.8. The highest BCUT2D eigenvalue weighted by Crippen LogP contribution is 2.35. The lowest BCUT2D eigenvalue weighted by Gasteiger charge is -2.15. The van der Waals surface area contributed by atoms with E-state index in [-0.39, 0.29) is 22.9 Å². The number of anilines is 1. The molecule has 0 saturated heterocycles. The van der Waals surface area contributed by atoms with Crippen molar-refractivity contribution >= 4 is 39.3 Å². The highest BCUT2D eigenvalue weighted by Gasteiger charge is 2.37. The van der Waals surface area contributed by atoms with Gasteiger partial charge in [0, 0.05) is 10.0 Å². The Morgan fingerprint density at radius 2 is 1.70 bits per heavy atom. The Balaban J connectivity index is 2.09. The molecule has 2 aromatic carbocycles. The first-order valence-corrected chi connectivity index (χ1v) is 9.13. The lowest BCUT2D eigenvalue weighted by Crippen LogP contribution is -2.25. The second-order valence-electron chi connectivity index (χ2n) is 6.06. The number of carbonyl (C=O) groups excluding carboxylic acids is 1. The molecule has 0 fully saturated rings. The van der Waals surface area contributed by atoms with Gasteiger partial charge in [-0.05, 0) is 31.2 Å². The van der Waals surface area contributed by atoms with Crippen molar-refractivity contribution in [2.75, 3.05) is 11.6 Å². The molecule has 4 nitrogen and oxygen atoms in total. The lowest BCUT2D eigenvalue weighted by atomic mass is 10.1. The number of benzene rings is 2. The van der Waals surface area contributed by atoms with E-state index >= 15 is 0 Å². The molecule has 1 aliphatic heterocycles. The van der Waals surface area contributed by atoms with Gasteiger partial charge in [-0.25, -0.2) is 22.0 Å². The van der Waals surface area contributed by atoms with Gasteiger partial charge in [0.1, 0.15) is 18.0 Å². The molecule has 2 aromatic rings. The second kappa shape index (κ2) is 8.39. The minimum absolute atomic E-state index is 0.0126. The molecule has 0 N–H and O–H groups in total. The maximum absolute atomic E-state index is 14.1. The number of hydrazone groups is 1. The second-order valence-corrected chi connectivity index (χ2v) is 6.98. The summed E-state index contributed by atoms with van der Waals surface area (Å²) in [5.74, 6) is -11.7. The van der Waals surface area contributed by atoms with Crippen LogP contribution >= 0.6 is 15.9 Å². The number of carbonyl (C=O) groups is 1. The van der Waals surface area contributed by atoms with Crippen molar-refractivity contribution in [2.24, 2.45) is 5.10 Å². The van der Waals surface area contributed by atoms with Crippen LogP contribution in [0.4, 0.5) is 27.6 Å². The van der Waals surface area contributed by atoms with Crippen molar-refractivity contribution in [3.63, 3.8) is 0 Å². The van der Waals surface area contributed by atoms with Crippen molar-refractivity contribution in [3.8, 4) is 5.75 Å². The molecule has 0 aromatic heterocycles. The molecule has 0 radical (unpaired) electrons. The average molecular weight is 487 g/mol. The number of ether oxygens (including phenoxy) is 1. The van der Waals surface area contributed by atoms with Gasteiger partial charge in [-0.3, -0.25) is 4.79 Å². The molecular formula is C20H12BrF5N2O2. The van der Waals surface area contributed by atoms with Gasteiger partial charge >= 0.3 is 0 Å². The van der Waals surface area contributed by atoms with E-state index in [4.69, 9.17) is 4.74 Å². The molecule has 3 rings (SSSR count). The summed E-state index contributed by atoms with van der Waals surface area (Å²) in [6.07, 6.45) is 2.85. The first-order chi connectivity index (χ1) is 14.2. The molecule has 30 heavy (non-hydrogen) atoms. The number of hydrogen-bond donors (Lipinski definition) is 0. The molecule has 0 atom stereocenters. The first kappa shape index (κ1) is 21.7. The summed E-state index contributed by atoms with van der Waals surface area (Å²) in [6, 6.07) is 4.93. The van der Waals surface area contributed by atoms with Crippen LogP contribution in [0.3, 0.4) is 0 Å². The molecule has 1 amide bonds. The Bertz CT molecular complexity index is 1100. The third kappa shape index (κ3) is 3.74. The molecule has 1 aliphatic rings. The summed E-state index contributed by atoms with van der Waals surface area (Å²) in [5.41, 5.74) is -1.13. The van der Waals surface area contributed by atoms with Crippen LogP contribution in [0.25, 0.3) is 6.08 Å². The summed E-state index contributed by atoms with van der Waals surface area (Å²) in [7, 11) is 0. The first-order valence-electron chi connectivity index (χ1n) is 8.33. The highest BCUT2D eigenvalue weighted by molar-refractivity contribution is 9.10. The van der Waals surface area contributed by atoms with Gasteiger partial charge in [-0.15, -0.1) is 0 Å². The van der Waals surface area contributed by atoms with E-state index < -0.39 is 40.7 Å². The van der Waals surface area contributed by atoms with Gasteiger partial charge in [-0.1, -0.05) is 28.6 Å². The van der Waals surface area contributed by atoms with E-state index in [0.717, 1.165) is 0 Å². The maximum atomic E-state index is 14.1. The van der Waals surface area contributed by atoms with Gasteiger partial charge in [0.15, 0.2) is 23.3 Å². The average Bonchev–Trinajstić information content (AvgIpc) is 2.98. The van der Waals surface area contributed by atoms with Crippen molar-refractivity contribution in [1.29, 1.82) is 0 Å². The van der Waals surface area contributed by atoms with Gasteiger partial charge in [-0.2, -0.15) is 10.1 Å². The zero-order valence-corrected chi connectivity index (χ0v) is 16.9. The van der Waals surface area contributed by atoms with Crippen molar-refractivity contribution in [1.82, 2.24) is 0 Å². The van der Waals surface area contributed by atoms with E-state index in [2.05, 4.69) is 27.6 Å². The van der Waals surface area contributed by atoms with E-state index in [1.54, 1.807) is 18.2 Å². The third-order valence-electron chi connectivity index (χ3n) is 4.09. The predicted molar refractivity (Wildman–Crippen MR) is 105 cm³/mol. The Morgan fingerprint density at radius 1 is 1.10 bits per heavy atom. The van der Waals surface area contributed by atoms with E-state index in [9.17, 15) is 26.7 Å². The van der Waals surface area contributed by atoms with Crippen molar-refractivity contribution in [3.05, 3.63) is 75.5 Å². The lowest BCUT2D eigenvalue weighted by molar-refractivity contribution is -0.114. The largest absolute Gasteiger partial charge is 0.489 e. The minimum atomic E-state index is -2.32. The molecule has 10 heteroatoms. The van der Waals surface area contributed by atoms with Crippen LogP contribution in [0.1, 0.15) is 12.5 Å². The Morgan fingerprint density at radius 3 is 2.30 bits per heavy atom. The quantitative estimate of drug-likeness (QED) is 0.184.